The summed E-state index contributed by atoms with van der Waals surface area (Å²) in [4.78, 5) is 36.2. The van der Waals surface area contributed by atoms with E-state index in [9.17, 15) is 19.5 Å². The van der Waals surface area contributed by atoms with Crippen LogP contribution in [0.15, 0.2) is 29.4 Å². The number of phenols is 1. The number of nitrogens with one attached hydrogen (secondary N) is 3. The van der Waals surface area contributed by atoms with Crippen molar-refractivity contribution in [2.24, 2.45) is 5.10 Å². The zero-order chi connectivity index (χ0) is 25.0. The Morgan fingerprint density at radius 1 is 1.03 bits per heavy atom. The van der Waals surface area contributed by atoms with Crippen molar-refractivity contribution in [1.29, 1.82) is 0 Å². The average Bonchev–Trinajstić information content (AvgIpc) is 3.19. The number of nitrogens with zero attached hydrogens (tertiary/aromatic N) is 1. The molecule has 1 fully saturated rings. The molecule has 0 unspecified atom stereocenters. The van der Waals surface area contributed by atoms with Crippen LogP contribution in [0.3, 0.4) is 0 Å². The Bertz CT molecular complexity index is 857. The van der Waals surface area contributed by atoms with Crippen LogP contribution in [0.1, 0.15) is 85.0 Å². The molecule has 0 aromatic heterocycles. The van der Waals surface area contributed by atoms with Crippen LogP contribution in [-0.4, -0.2) is 40.4 Å². The van der Waals surface area contributed by atoms with Crippen molar-refractivity contribution in [1.82, 2.24) is 10.7 Å². The molecule has 0 radical (unpaired) electrons. The predicted molar refractivity (Wildman–Crippen MR) is 132 cm³/mol. The fourth-order valence-electron chi connectivity index (χ4n) is 3.80. The Hall–Kier alpha value is -3.10. The summed E-state index contributed by atoms with van der Waals surface area (Å²) in [5.41, 5.74) is 1.79. The molecule has 2 rings (SSSR count). The number of para-hydroxylation sites is 2. The Balaban J connectivity index is 1.61. The fraction of sp³-hybridized carbons (Fsp3) is 0.600. The highest BCUT2D eigenvalue weighted by Crippen LogP contribution is 2.28. The summed E-state index contributed by atoms with van der Waals surface area (Å²) in [5.74, 6) is -0.280. The molecule has 1 aromatic rings. The van der Waals surface area contributed by atoms with Crippen molar-refractivity contribution >= 4 is 29.8 Å². The number of hydrogen-bond donors (Lipinski definition) is 4. The maximum absolute atomic E-state index is 12.2. The van der Waals surface area contributed by atoms with E-state index in [0.717, 1.165) is 38.5 Å². The number of rotatable bonds is 11. The van der Waals surface area contributed by atoms with Gasteiger partial charge in [-0.2, -0.15) is 5.10 Å². The molecule has 9 nitrogen and oxygen atoms in total. The van der Waals surface area contributed by atoms with Crippen molar-refractivity contribution < 1.29 is 24.2 Å². The van der Waals surface area contributed by atoms with E-state index in [1.54, 1.807) is 24.4 Å². The number of carbonyl (C=O) groups excluding carboxylic acids is 3. The van der Waals surface area contributed by atoms with E-state index in [2.05, 4.69) is 21.2 Å². The van der Waals surface area contributed by atoms with Crippen LogP contribution in [-0.2, 0) is 14.3 Å². The second-order valence-corrected chi connectivity index (χ2v) is 9.76. The van der Waals surface area contributed by atoms with Crippen LogP contribution in [0.2, 0.25) is 0 Å². The lowest BCUT2D eigenvalue weighted by atomic mass is 10.00. The van der Waals surface area contributed by atoms with Gasteiger partial charge in [-0.05, 0) is 58.6 Å². The van der Waals surface area contributed by atoms with E-state index in [1.807, 2.05) is 20.8 Å². The molecule has 0 aliphatic heterocycles. The van der Waals surface area contributed by atoms with E-state index in [-0.39, 0.29) is 17.6 Å². The Morgan fingerprint density at radius 3 is 2.26 bits per heavy atom. The molecule has 4 N–H and O–H groups in total. The van der Waals surface area contributed by atoms with Crippen molar-refractivity contribution in [3.63, 3.8) is 0 Å². The lowest BCUT2D eigenvalue weighted by Crippen LogP contribution is -2.49. The summed E-state index contributed by atoms with van der Waals surface area (Å²) in [7, 11) is 0. The summed E-state index contributed by atoms with van der Waals surface area (Å²) >= 11 is 0. The number of benzene rings is 1. The minimum Gasteiger partial charge on any atom is -0.506 e. The van der Waals surface area contributed by atoms with Gasteiger partial charge in [0.05, 0.1) is 17.4 Å². The Labute approximate surface area is 201 Å². The van der Waals surface area contributed by atoms with Gasteiger partial charge in [0.2, 0.25) is 11.8 Å². The van der Waals surface area contributed by atoms with Crippen molar-refractivity contribution in [2.45, 2.75) is 96.1 Å². The van der Waals surface area contributed by atoms with E-state index in [4.69, 9.17) is 4.74 Å². The maximum atomic E-state index is 12.2. The number of ether oxygens (including phenoxy) is 1. The van der Waals surface area contributed by atoms with Crippen LogP contribution >= 0.6 is 0 Å². The fourth-order valence-corrected chi connectivity index (χ4v) is 3.80. The number of unbranched alkanes of at least 4 members (excludes halogenated alkanes) is 3. The number of hydrazone groups is 1. The lowest BCUT2D eigenvalue weighted by molar-refractivity contribution is -0.121. The van der Waals surface area contributed by atoms with E-state index >= 15 is 0 Å². The zero-order valence-electron chi connectivity index (χ0n) is 20.5. The number of amides is 3. The molecule has 188 valence electrons. The van der Waals surface area contributed by atoms with Gasteiger partial charge in [-0.3, -0.25) is 9.59 Å². The molecule has 0 heterocycles. The van der Waals surface area contributed by atoms with Gasteiger partial charge in [-0.15, -0.1) is 0 Å². The number of anilines is 1. The molecule has 0 bridgehead atoms. The number of aromatic hydroxyl groups is 1. The van der Waals surface area contributed by atoms with Gasteiger partial charge in [0.1, 0.15) is 11.4 Å². The zero-order valence-corrected chi connectivity index (χ0v) is 20.5. The Kier molecular flexibility index (Phi) is 10.3. The summed E-state index contributed by atoms with van der Waals surface area (Å²) in [6, 6.07) is 6.61. The second-order valence-electron chi connectivity index (χ2n) is 9.76. The van der Waals surface area contributed by atoms with E-state index in [1.165, 1.54) is 6.07 Å². The maximum Gasteiger partial charge on any atom is 0.408 e. The number of alkyl carbamates (subject to hydrolysis) is 1. The van der Waals surface area contributed by atoms with E-state index in [0.29, 0.717) is 31.4 Å². The van der Waals surface area contributed by atoms with E-state index < -0.39 is 17.2 Å². The van der Waals surface area contributed by atoms with Crippen molar-refractivity contribution in [2.75, 3.05) is 5.32 Å². The molecule has 9 heteroatoms. The van der Waals surface area contributed by atoms with Gasteiger partial charge in [-0.25, -0.2) is 10.2 Å². The highest BCUT2D eigenvalue weighted by atomic mass is 16.6. The molecule has 3 amide bonds. The monoisotopic (exact) mass is 474 g/mol. The first-order valence-electron chi connectivity index (χ1n) is 12.0. The van der Waals surface area contributed by atoms with Crippen molar-refractivity contribution in [3.8, 4) is 5.75 Å². The molecule has 0 saturated heterocycles. The van der Waals surface area contributed by atoms with Crippen LogP contribution in [0.25, 0.3) is 0 Å². The normalized spacial score (nSPS) is 15.1. The summed E-state index contributed by atoms with van der Waals surface area (Å²) < 4.78 is 5.35. The van der Waals surface area contributed by atoms with Crippen LogP contribution in [0.5, 0.6) is 5.75 Å². The van der Waals surface area contributed by atoms with Gasteiger partial charge in [0, 0.05) is 12.8 Å². The number of hydrogen-bond acceptors (Lipinski definition) is 6. The molecular weight excluding hydrogens is 436 g/mol. The second kappa shape index (κ2) is 13.0. The lowest BCUT2D eigenvalue weighted by Gasteiger charge is -2.28. The van der Waals surface area contributed by atoms with Gasteiger partial charge in [0.15, 0.2) is 0 Å². The van der Waals surface area contributed by atoms with Gasteiger partial charge < -0.3 is 20.5 Å². The minimum atomic E-state index is -0.591. The molecule has 1 aliphatic rings. The number of phenolic OH excluding ortho intramolecular Hbond substituents is 1. The molecule has 1 aliphatic carbocycles. The first-order chi connectivity index (χ1) is 16.1. The summed E-state index contributed by atoms with van der Waals surface area (Å²) in [5, 5.41) is 19.4. The molecule has 1 aromatic carbocycles. The minimum absolute atomic E-state index is 0.0454. The molecule has 0 atom stereocenters. The number of carbonyl (C=O) groups is 3. The largest absolute Gasteiger partial charge is 0.506 e. The average molecular weight is 475 g/mol. The quantitative estimate of drug-likeness (QED) is 0.161. The highest BCUT2D eigenvalue weighted by molar-refractivity contribution is 5.92. The topological polar surface area (TPSA) is 129 Å². The smallest absolute Gasteiger partial charge is 0.408 e. The molecule has 34 heavy (non-hydrogen) atoms. The van der Waals surface area contributed by atoms with Gasteiger partial charge in [0.25, 0.3) is 0 Å². The third kappa shape index (κ3) is 10.2. The summed E-state index contributed by atoms with van der Waals surface area (Å²) in [6.45, 7) is 5.44. The van der Waals surface area contributed by atoms with Gasteiger partial charge >= 0.3 is 6.09 Å². The molecule has 0 spiro atoms. The summed E-state index contributed by atoms with van der Waals surface area (Å²) in [6.07, 6.45) is 8.34. The first-order valence-corrected chi connectivity index (χ1v) is 12.0. The van der Waals surface area contributed by atoms with Crippen LogP contribution in [0.4, 0.5) is 10.5 Å². The molecular formula is C25H38N4O5. The SMILES string of the molecule is CC(C)(C)OC(=O)NC1(/C=N/NC(=O)CCCCCCC(=O)Nc2ccccc2O)CCCC1. The van der Waals surface area contributed by atoms with Gasteiger partial charge in [-0.1, -0.05) is 37.8 Å². The third-order valence-electron chi connectivity index (χ3n) is 5.48. The van der Waals surface area contributed by atoms with Crippen LogP contribution < -0.4 is 16.1 Å². The van der Waals surface area contributed by atoms with Crippen molar-refractivity contribution in [3.05, 3.63) is 24.3 Å². The Morgan fingerprint density at radius 2 is 1.65 bits per heavy atom. The highest BCUT2D eigenvalue weighted by Gasteiger charge is 2.35. The first kappa shape index (κ1) is 27.1. The molecule has 1 saturated carbocycles. The standard InChI is InChI=1S/C25H38N4O5/c1-24(2,3)34-23(33)28-25(16-10-11-17-25)18-26-29-22(32)15-7-5-4-6-14-21(31)27-19-12-8-9-13-20(19)30/h8-9,12-13,18,30H,4-7,10-11,14-17H2,1-3H3,(H,27,31)(H,28,33)(H,29,32)/b26-18+. The predicted octanol–water partition coefficient (Wildman–Crippen LogP) is 4.61. The third-order valence-corrected chi connectivity index (χ3v) is 5.48. The van der Waals surface area contributed by atoms with Crippen LogP contribution in [0, 0.1) is 0 Å².